The van der Waals surface area contributed by atoms with Crippen LogP contribution < -0.4 is 10.5 Å². The van der Waals surface area contributed by atoms with Crippen LogP contribution in [0.3, 0.4) is 0 Å². The molecule has 1 fully saturated rings. The van der Waals surface area contributed by atoms with Crippen LogP contribution in [0.15, 0.2) is 38.4 Å². The summed E-state index contributed by atoms with van der Waals surface area (Å²) in [6, 6.07) is 6.08. The third-order valence-electron chi connectivity index (χ3n) is 6.40. The van der Waals surface area contributed by atoms with Crippen molar-refractivity contribution in [1.82, 2.24) is 9.29 Å². The zero-order valence-electron chi connectivity index (χ0n) is 17.5. The van der Waals surface area contributed by atoms with Crippen molar-refractivity contribution in [3.63, 3.8) is 0 Å². The van der Waals surface area contributed by atoms with E-state index in [2.05, 4.69) is 4.98 Å². The molecule has 32 heavy (non-hydrogen) atoms. The van der Waals surface area contributed by atoms with Gasteiger partial charge in [-0.2, -0.15) is 4.31 Å². The van der Waals surface area contributed by atoms with Gasteiger partial charge in [-0.1, -0.05) is 11.6 Å². The highest BCUT2D eigenvalue weighted by molar-refractivity contribution is 7.89. The van der Waals surface area contributed by atoms with Crippen LogP contribution in [0, 0.1) is 13.8 Å². The Hall–Kier alpha value is -2.62. The van der Waals surface area contributed by atoms with E-state index in [0.29, 0.717) is 40.3 Å². The first-order valence-corrected chi connectivity index (χ1v) is 12.1. The van der Waals surface area contributed by atoms with Gasteiger partial charge in [-0.25, -0.2) is 13.2 Å². The molecule has 1 N–H and O–H groups in total. The number of hydrogen-bond donors (Lipinski definition) is 1. The van der Waals surface area contributed by atoms with Gasteiger partial charge >= 0.3 is 5.76 Å². The lowest BCUT2D eigenvalue weighted by atomic mass is 9.82. The molecule has 2 aliphatic rings. The molecule has 0 unspecified atom stereocenters. The van der Waals surface area contributed by atoms with Gasteiger partial charge in [0, 0.05) is 37.0 Å². The summed E-state index contributed by atoms with van der Waals surface area (Å²) in [5, 5.41) is 0.563. The topological polar surface area (TPSA) is 110 Å². The lowest BCUT2D eigenvalue weighted by Gasteiger charge is -2.43. The van der Waals surface area contributed by atoms with Gasteiger partial charge in [-0.15, -0.1) is 0 Å². The maximum absolute atomic E-state index is 13.2. The number of hydrogen-bond acceptors (Lipinski definition) is 6. The van der Waals surface area contributed by atoms with Crippen LogP contribution in [0.5, 0.6) is 5.75 Å². The molecule has 0 radical (unpaired) electrons. The van der Waals surface area contributed by atoms with Crippen molar-refractivity contribution in [2.75, 3.05) is 13.1 Å². The number of nitrogens with one attached hydrogen (secondary N) is 1. The summed E-state index contributed by atoms with van der Waals surface area (Å²) in [5.74, 6) is -0.152. The molecule has 0 bridgehead atoms. The lowest BCUT2D eigenvalue weighted by molar-refractivity contribution is 0.00577. The second-order valence-electron chi connectivity index (χ2n) is 8.47. The Kier molecular flexibility index (Phi) is 4.77. The van der Waals surface area contributed by atoms with Gasteiger partial charge in [0.2, 0.25) is 10.0 Å². The third-order valence-corrected chi connectivity index (χ3v) is 8.87. The molecule has 1 saturated heterocycles. The fourth-order valence-corrected chi connectivity index (χ4v) is 6.25. The number of aryl methyl sites for hydroxylation is 1. The molecule has 0 aliphatic carbocycles. The predicted octanol–water partition coefficient (Wildman–Crippen LogP) is 3.58. The standard InChI is InChI=1S/C22H21ClN2O6S/c1-12-9-18-19(13(2)20(12)23)16(26)11-22(31-18)5-7-25(8-6-22)32(28,29)14-3-4-15-17(10-14)30-21(27)24-15/h3-4,9-10H,5-8,11H2,1-2H3,(H,24,27). The van der Waals surface area contributed by atoms with Gasteiger partial charge < -0.3 is 9.15 Å². The first-order chi connectivity index (χ1) is 15.1. The van der Waals surface area contributed by atoms with Crippen LogP contribution in [0.2, 0.25) is 5.02 Å². The highest BCUT2D eigenvalue weighted by atomic mass is 35.5. The van der Waals surface area contributed by atoms with E-state index in [0.717, 1.165) is 5.56 Å². The Labute approximate surface area is 189 Å². The van der Waals surface area contributed by atoms with Crippen LogP contribution in [-0.2, 0) is 10.0 Å². The van der Waals surface area contributed by atoms with Crippen molar-refractivity contribution in [2.45, 2.75) is 43.6 Å². The summed E-state index contributed by atoms with van der Waals surface area (Å²) in [5.41, 5.74) is 1.95. The summed E-state index contributed by atoms with van der Waals surface area (Å²) < 4.78 is 39.0. The van der Waals surface area contributed by atoms with Gasteiger partial charge in [0.05, 0.1) is 22.4 Å². The van der Waals surface area contributed by atoms with Gasteiger partial charge in [0.15, 0.2) is 11.4 Å². The van der Waals surface area contributed by atoms with E-state index < -0.39 is 21.4 Å². The first kappa shape index (κ1) is 21.2. The molecule has 3 heterocycles. The van der Waals surface area contributed by atoms with E-state index in [1.54, 1.807) is 6.07 Å². The third kappa shape index (κ3) is 3.27. The average molecular weight is 477 g/mol. The first-order valence-electron chi connectivity index (χ1n) is 10.2. The van der Waals surface area contributed by atoms with Crippen molar-refractivity contribution >= 4 is 38.5 Å². The Balaban J connectivity index is 1.39. The molecule has 10 heteroatoms. The van der Waals surface area contributed by atoms with Crippen molar-refractivity contribution in [2.24, 2.45) is 0 Å². The number of aromatic nitrogens is 1. The maximum atomic E-state index is 13.2. The monoisotopic (exact) mass is 476 g/mol. The molecular weight excluding hydrogens is 456 g/mol. The molecule has 3 aromatic rings. The van der Waals surface area contributed by atoms with Crippen LogP contribution in [-0.4, -0.2) is 42.2 Å². The summed E-state index contributed by atoms with van der Waals surface area (Å²) in [7, 11) is -3.79. The van der Waals surface area contributed by atoms with Crippen LogP contribution in [0.1, 0.15) is 40.7 Å². The van der Waals surface area contributed by atoms with Crippen LogP contribution in [0.25, 0.3) is 11.1 Å². The number of nitrogens with zero attached hydrogens (tertiary/aromatic N) is 1. The van der Waals surface area contributed by atoms with Crippen LogP contribution in [0.4, 0.5) is 0 Å². The van der Waals surface area contributed by atoms with Crippen molar-refractivity contribution in [3.8, 4) is 5.75 Å². The molecule has 1 aromatic heterocycles. The van der Waals surface area contributed by atoms with E-state index in [1.165, 1.54) is 22.5 Å². The van der Waals surface area contributed by atoms with E-state index >= 15 is 0 Å². The van der Waals surface area contributed by atoms with Gasteiger partial charge in [0.1, 0.15) is 11.4 Å². The minimum absolute atomic E-state index is 0.0325. The minimum atomic E-state index is -3.79. The van der Waals surface area contributed by atoms with E-state index in [4.69, 9.17) is 20.8 Å². The van der Waals surface area contributed by atoms with Crippen LogP contribution >= 0.6 is 11.6 Å². The number of halogens is 1. The van der Waals surface area contributed by atoms with Crippen molar-refractivity contribution < 1.29 is 22.4 Å². The number of ketones is 1. The van der Waals surface area contributed by atoms with Crippen molar-refractivity contribution in [1.29, 1.82) is 0 Å². The molecule has 0 atom stereocenters. The molecule has 5 rings (SSSR count). The quantitative estimate of drug-likeness (QED) is 0.605. The smallest absolute Gasteiger partial charge is 0.417 e. The van der Waals surface area contributed by atoms with Gasteiger partial charge in [0.25, 0.3) is 0 Å². The summed E-state index contributed by atoms with van der Waals surface area (Å²) in [6.07, 6.45) is 0.966. The second-order valence-corrected chi connectivity index (χ2v) is 10.8. The number of oxazole rings is 1. The number of H-pyrrole nitrogens is 1. The molecule has 2 aliphatic heterocycles. The number of Topliss-reactive ketones (excluding diaryl/α,β-unsaturated/α-hetero) is 1. The average Bonchev–Trinajstić information content (AvgIpc) is 3.11. The van der Waals surface area contributed by atoms with Gasteiger partial charge in [-0.3, -0.25) is 9.78 Å². The number of sulfonamides is 1. The minimum Gasteiger partial charge on any atom is -0.486 e. The summed E-state index contributed by atoms with van der Waals surface area (Å²) >= 11 is 6.32. The number of ether oxygens (including phenoxy) is 1. The Bertz CT molecular complexity index is 1430. The maximum Gasteiger partial charge on any atom is 0.417 e. The van der Waals surface area contributed by atoms with E-state index in [1.807, 2.05) is 13.8 Å². The predicted molar refractivity (Wildman–Crippen MR) is 118 cm³/mol. The number of fused-ring (bicyclic) bond motifs is 2. The fraction of sp³-hybridized carbons (Fsp3) is 0.364. The van der Waals surface area contributed by atoms with Gasteiger partial charge in [-0.05, 0) is 43.2 Å². The molecule has 1 spiro atoms. The Morgan fingerprint density at radius 2 is 1.84 bits per heavy atom. The van der Waals surface area contributed by atoms with Crippen molar-refractivity contribution in [3.05, 3.63) is 56.5 Å². The Morgan fingerprint density at radius 3 is 2.56 bits per heavy atom. The zero-order chi connectivity index (χ0) is 22.8. The number of piperidine rings is 1. The fourth-order valence-electron chi connectivity index (χ4n) is 4.65. The second kappa shape index (κ2) is 7.19. The molecule has 168 valence electrons. The number of carbonyl (C=O) groups excluding carboxylic acids is 1. The molecule has 0 amide bonds. The normalized spacial score (nSPS) is 18.7. The summed E-state index contributed by atoms with van der Waals surface area (Å²) in [6.45, 7) is 4.10. The zero-order valence-corrected chi connectivity index (χ0v) is 19.1. The summed E-state index contributed by atoms with van der Waals surface area (Å²) in [4.78, 5) is 26.9. The SMILES string of the molecule is Cc1cc2c(c(C)c1Cl)C(=O)CC1(CCN(S(=O)(=O)c3ccc4[nH]c(=O)oc4c3)CC1)O2. The molecular formula is C22H21ClN2O6S. The highest BCUT2D eigenvalue weighted by Crippen LogP contribution is 2.43. The van der Waals surface area contributed by atoms with E-state index in [9.17, 15) is 18.0 Å². The number of benzene rings is 2. The Morgan fingerprint density at radius 1 is 1.12 bits per heavy atom. The largest absolute Gasteiger partial charge is 0.486 e. The highest BCUT2D eigenvalue weighted by Gasteiger charge is 2.45. The molecule has 2 aromatic carbocycles. The van der Waals surface area contributed by atoms with E-state index in [-0.39, 0.29) is 35.8 Å². The molecule has 8 nitrogen and oxygen atoms in total. The molecule has 0 saturated carbocycles. The number of carbonyl (C=O) groups is 1. The number of rotatable bonds is 2. The number of aromatic amines is 1. The lowest BCUT2D eigenvalue weighted by Crippen LogP contribution is -2.52.